The highest BCUT2D eigenvalue weighted by Crippen LogP contribution is 2.46. The van der Waals surface area contributed by atoms with Gasteiger partial charge in [-0.25, -0.2) is 0 Å². The van der Waals surface area contributed by atoms with Gasteiger partial charge in [-0.15, -0.1) is 0 Å². The van der Waals surface area contributed by atoms with E-state index in [0.29, 0.717) is 5.41 Å². The van der Waals surface area contributed by atoms with E-state index in [9.17, 15) is 0 Å². The summed E-state index contributed by atoms with van der Waals surface area (Å²) in [4.78, 5) is 2.66. The van der Waals surface area contributed by atoms with Crippen LogP contribution in [0.25, 0.3) is 0 Å². The lowest BCUT2D eigenvalue weighted by molar-refractivity contribution is 0.0377. The van der Waals surface area contributed by atoms with E-state index in [1.807, 2.05) is 0 Å². The molecule has 100 valence electrons. The Kier molecular flexibility index (Phi) is 4.48. The van der Waals surface area contributed by atoms with Crippen LogP contribution in [0.5, 0.6) is 0 Å². The van der Waals surface area contributed by atoms with Gasteiger partial charge in [-0.3, -0.25) is 0 Å². The van der Waals surface area contributed by atoms with Gasteiger partial charge in [0.05, 0.1) is 0 Å². The third kappa shape index (κ3) is 2.85. The lowest BCUT2D eigenvalue weighted by Crippen LogP contribution is -2.49. The largest absolute Gasteiger partial charge is 0.319 e. The molecule has 1 saturated carbocycles. The molecule has 1 saturated heterocycles. The van der Waals surface area contributed by atoms with E-state index in [-0.39, 0.29) is 0 Å². The second-order valence-electron chi connectivity index (χ2n) is 6.50. The van der Waals surface area contributed by atoms with E-state index in [2.05, 4.69) is 31.1 Å². The molecule has 2 nitrogen and oxygen atoms in total. The number of likely N-dealkylation sites (tertiary alicyclic amines) is 1. The zero-order valence-corrected chi connectivity index (χ0v) is 12.0. The maximum Gasteiger partial charge on any atom is 0.00385 e. The second-order valence-corrected chi connectivity index (χ2v) is 6.50. The quantitative estimate of drug-likeness (QED) is 0.810. The van der Waals surface area contributed by atoms with Crippen LogP contribution >= 0.6 is 0 Å². The topological polar surface area (TPSA) is 15.3 Å². The van der Waals surface area contributed by atoms with Crippen molar-refractivity contribution in [1.82, 2.24) is 10.2 Å². The van der Waals surface area contributed by atoms with Crippen molar-refractivity contribution in [3.05, 3.63) is 0 Å². The fraction of sp³-hybridized carbons (Fsp3) is 1.00. The highest BCUT2D eigenvalue weighted by Gasteiger charge is 2.41. The van der Waals surface area contributed by atoms with Gasteiger partial charge in [0.1, 0.15) is 0 Å². The van der Waals surface area contributed by atoms with Crippen molar-refractivity contribution in [2.75, 3.05) is 26.7 Å². The van der Waals surface area contributed by atoms with Crippen molar-refractivity contribution in [2.45, 2.75) is 58.4 Å². The van der Waals surface area contributed by atoms with Gasteiger partial charge < -0.3 is 10.2 Å². The van der Waals surface area contributed by atoms with Gasteiger partial charge >= 0.3 is 0 Å². The molecule has 17 heavy (non-hydrogen) atoms. The van der Waals surface area contributed by atoms with Gasteiger partial charge in [0.2, 0.25) is 0 Å². The lowest BCUT2D eigenvalue weighted by atomic mass is 9.67. The summed E-state index contributed by atoms with van der Waals surface area (Å²) in [7, 11) is 2.13. The van der Waals surface area contributed by atoms with Gasteiger partial charge in [-0.05, 0) is 71.0 Å². The van der Waals surface area contributed by atoms with E-state index in [1.54, 1.807) is 0 Å². The summed E-state index contributed by atoms with van der Waals surface area (Å²) < 4.78 is 0. The normalized spacial score (nSPS) is 26.8. The second kappa shape index (κ2) is 5.71. The molecule has 1 aliphatic carbocycles. The van der Waals surface area contributed by atoms with Crippen molar-refractivity contribution in [3.8, 4) is 0 Å². The first-order valence-electron chi connectivity index (χ1n) is 7.56. The SMILES string of the molecule is CNCC1(C2CCCC2)CCN(C(C)C)CC1. The first kappa shape index (κ1) is 13.4. The Balaban J connectivity index is 1.99. The summed E-state index contributed by atoms with van der Waals surface area (Å²) in [6.07, 6.45) is 8.76. The van der Waals surface area contributed by atoms with Crippen molar-refractivity contribution in [3.63, 3.8) is 0 Å². The van der Waals surface area contributed by atoms with Crippen LogP contribution in [0.2, 0.25) is 0 Å². The first-order chi connectivity index (χ1) is 8.18. The van der Waals surface area contributed by atoms with Gasteiger partial charge in [-0.2, -0.15) is 0 Å². The van der Waals surface area contributed by atoms with Crippen LogP contribution < -0.4 is 5.32 Å². The Morgan fingerprint density at radius 3 is 2.24 bits per heavy atom. The van der Waals surface area contributed by atoms with Crippen LogP contribution in [0.3, 0.4) is 0 Å². The molecule has 0 atom stereocenters. The Morgan fingerprint density at radius 2 is 1.76 bits per heavy atom. The predicted molar refractivity (Wildman–Crippen MR) is 74.3 cm³/mol. The third-order valence-corrected chi connectivity index (χ3v) is 5.27. The van der Waals surface area contributed by atoms with Crippen LogP contribution in [0.1, 0.15) is 52.4 Å². The van der Waals surface area contributed by atoms with Crippen LogP contribution in [0, 0.1) is 11.3 Å². The zero-order valence-electron chi connectivity index (χ0n) is 12.0. The zero-order chi connectivity index (χ0) is 12.3. The van der Waals surface area contributed by atoms with E-state index in [1.165, 1.54) is 58.2 Å². The molecule has 1 aliphatic heterocycles. The average molecular weight is 238 g/mol. The number of rotatable bonds is 4. The molecular formula is C15H30N2. The van der Waals surface area contributed by atoms with Crippen LogP contribution in [0.4, 0.5) is 0 Å². The molecule has 2 heteroatoms. The van der Waals surface area contributed by atoms with Crippen LogP contribution in [-0.4, -0.2) is 37.6 Å². The first-order valence-corrected chi connectivity index (χ1v) is 7.56. The molecule has 0 radical (unpaired) electrons. The molecule has 0 unspecified atom stereocenters. The monoisotopic (exact) mass is 238 g/mol. The molecular weight excluding hydrogens is 208 g/mol. The van der Waals surface area contributed by atoms with E-state index in [4.69, 9.17) is 0 Å². The minimum Gasteiger partial charge on any atom is -0.319 e. The van der Waals surface area contributed by atoms with Crippen molar-refractivity contribution < 1.29 is 0 Å². The van der Waals surface area contributed by atoms with Gasteiger partial charge in [0.25, 0.3) is 0 Å². The van der Waals surface area contributed by atoms with E-state index in [0.717, 1.165) is 12.0 Å². The maximum atomic E-state index is 3.48. The molecule has 1 heterocycles. The lowest BCUT2D eigenvalue weighted by Gasteiger charge is -2.47. The molecule has 2 rings (SSSR count). The summed E-state index contributed by atoms with van der Waals surface area (Å²) in [6.45, 7) is 8.54. The fourth-order valence-electron chi connectivity index (χ4n) is 4.11. The van der Waals surface area contributed by atoms with Gasteiger partial charge in [0.15, 0.2) is 0 Å². The molecule has 1 N–H and O–H groups in total. The van der Waals surface area contributed by atoms with Crippen LogP contribution in [0.15, 0.2) is 0 Å². The van der Waals surface area contributed by atoms with E-state index >= 15 is 0 Å². The Hall–Kier alpha value is -0.0800. The number of hydrogen-bond donors (Lipinski definition) is 1. The number of nitrogens with one attached hydrogen (secondary N) is 1. The third-order valence-electron chi connectivity index (χ3n) is 5.27. The summed E-state index contributed by atoms with van der Waals surface area (Å²) in [5.41, 5.74) is 0.622. The highest BCUT2D eigenvalue weighted by atomic mass is 15.2. The van der Waals surface area contributed by atoms with Gasteiger partial charge in [0, 0.05) is 12.6 Å². The molecule has 0 spiro atoms. The number of piperidine rings is 1. The summed E-state index contributed by atoms with van der Waals surface area (Å²) in [6, 6.07) is 0.728. The summed E-state index contributed by atoms with van der Waals surface area (Å²) in [5.74, 6) is 1.00. The van der Waals surface area contributed by atoms with Gasteiger partial charge in [-0.1, -0.05) is 12.8 Å². The molecule has 0 amide bonds. The van der Waals surface area contributed by atoms with Crippen LogP contribution in [-0.2, 0) is 0 Å². The van der Waals surface area contributed by atoms with Crippen molar-refractivity contribution in [1.29, 1.82) is 0 Å². The smallest absolute Gasteiger partial charge is 0.00385 e. The predicted octanol–water partition coefficient (Wildman–Crippen LogP) is 2.89. The highest BCUT2D eigenvalue weighted by molar-refractivity contribution is 4.94. The fourth-order valence-corrected chi connectivity index (χ4v) is 4.11. The average Bonchev–Trinajstić information content (AvgIpc) is 2.84. The molecule has 2 aliphatic rings. The van der Waals surface area contributed by atoms with Crippen molar-refractivity contribution >= 4 is 0 Å². The van der Waals surface area contributed by atoms with Crippen molar-refractivity contribution in [2.24, 2.45) is 11.3 Å². The minimum atomic E-state index is 0.622. The Labute approximate surface area is 107 Å². The van der Waals surface area contributed by atoms with E-state index < -0.39 is 0 Å². The Morgan fingerprint density at radius 1 is 1.18 bits per heavy atom. The molecule has 0 bridgehead atoms. The minimum absolute atomic E-state index is 0.622. The summed E-state index contributed by atoms with van der Waals surface area (Å²) in [5, 5.41) is 3.48. The summed E-state index contributed by atoms with van der Waals surface area (Å²) >= 11 is 0. The Bertz CT molecular complexity index is 223. The number of hydrogen-bond acceptors (Lipinski definition) is 2. The standard InChI is InChI=1S/C15H30N2/c1-13(2)17-10-8-15(9-11-17,12-16-3)14-6-4-5-7-14/h13-14,16H,4-12H2,1-3H3. The molecule has 0 aromatic heterocycles. The molecule has 2 fully saturated rings. The number of nitrogens with zero attached hydrogens (tertiary/aromatic N) is 1. The molecule has 0 aromatic rings. The molecule has 0 aromatic carbocycles. The maximum absolute atomic E-state index is 3.48.